The van der Waals surface area contributed by atoms with Crippen molar-refractivity contribution in [3.63, 3.8) is 0 Å². The molecule has 0 N–H and O–H groups in total. The fraction of sp³-hybridized carbons (Fsp3) is 0.174. The van der Waals surface area contributed by atoms with Gasteiger partial charge in [0.15, 0.2) is 7.14 Å². The van der Waals surface area contributed by atoms with Gasteiger partial charge in [0.25, 0.3) is 0 Å². The topological polar surface area (TPSA) is 47.9 Å². The van der Waals surface area contributed by atoms with E-state index in [1.165, 1.54) is 0 Å². The van der Waals surface area contributed by atoms with Gasteiger partial charge >= 0.3 is 0 Å². The van der Waals surface area contributed by atoms with Crippen molar-refractivity contribution in [2.45, 2.75) is 13.8 Å². The summed E-state index contributed by atoms with van der Waals surface area (Å²) in [4.78, 5) is 4.66. The van der Waals surface area contributed by atoms with Gasteiger partial charge in [0.2, 0.25) is 0 Å². The number of hydrogen-bond acceptors (Lipinski definition) is 4. The molecule has 0 saturated carbocycles. The lowest BCUT2D eigenvalue weighted by molar-refractivity contribution is 0.415. The fourth-order valence-electron chi connectivity index (χ4n) is 3.04. The summed E-state index contributed by atoms with van der Waals surface area (Å²) < 4.78 is 24.7. The number of aryl methyl sites for hydroxylation is 2. The van der Waals surface area contributed by atoms with Gasteiger partial charge in [-0.1, -0.05) is 18.2 Å². The van der Waals surface area contributed by atoms with Gasteiger partial charge in [-0.2, -0.15) is 0 Å². The summed E-state index contributed by atoms with van der Waals surface area (Å²) in [7, 11) is 0.131. The first kappa shape index (κ1) is 19.9. The number of nitrogens with zero attached hydrogens (tertiary/aromatic N) is 1. The van der Waals surface area contributed by atoms with Crippen LogP contribution < -0.4 is 20.1 Å². The molecule has 0 aliphatic rings. The maximum atomic E-state index is 14.2. The number of rotatable bonds is 6. The Balaban J connectivity index is 2.12. The number of hydrogen-bond donors (Lipinski definition) is 0. The van der Waals surface area contributed by atoms with Crippen molar-refractivity contribution in [3.05, 3.63) is 77.9 Å². The predicted octanol–water partition coefficient (Wildman–Crippen LogP) is 4.99. The molecule has 4 nitrogen and oxygen atoms in total. The summed E-state index contributed by atoms with van der Waals surface area (Å²) >= 11 is 0. The lowest BCUT2D eigenvalue weighted by atomic mass is 10.1. The van der Waals surface area contributed by atoms with Crippen LogP contribution in [0.25, 0.3) is 0 Å². The average Bonchev–Trinajstić information content (AvgIpc) is 2.73. The van der Waals surface area contributed by atoms with E-state index in [4.69, 9.17) is 9.47 Å². The Hall–Kier alpha value is -2.84. The minimum absolute atomic E-state index is 0.702. The first-order valence-corrected chi connectivity index (χ1v) is 10.8. The molecule has 0 aliphatic carbocycles. The molecule has 0 radical (unpaired) electrons. The first-order chi connectivity index (χ1) is 13.5. The first-order valence-electron chi connectivity index (χ1n) is 8.98. The number of benzene rings is 3. The smallest absolute Gasteiger partial charge is 0.181 e. The molecule has 0 atom stereocenters. The summed E-state index contributed by atoms with van der Waals surface area (Å²) in [6.45, 7) is 4.01. The minimum atomic E-state index is -3.09. The molecular formula is C23H24NO3P. The fourth-order valence-corrected chi connectivity index (χ4v) is 5.06. The molecule has 3 aromatic rings. The van der Waals surface area contributed by atoms with Crippen molar-refractivity contribution in [1.82, 2.24) is 0 Å². The molecular weight excluding hydrogens is 369 g/mol. The van der Waals surface area contributed by atoms with E-state index in [-0.39, 0.29) is 0 Å². The Kier molecular flexibility index (Phi) is 6.01. The molecule has 28 heavy (non-hydrogen) atoms. The third kappa shape index (κ3) is 4.02. The molecule has 0 aliphatic heterocycles. The lowest BCUT2D eigenvalue weighted by Gasteiger charge is -2.16. The maximum absolute atomic E-state index is 14.2. The average molecular weight is 393 g/mol. The van der Waals surface area contributed by atoms with Gasteiger partial charge < -0.3 is 14.0 Å². The molecule has 0 unspecified atom stereocenters. The highest BCUT2D eigenvalue weighted by molar-refractivity contribution is 7.91. The van der Waals surface area contributed by atoms with Gasteiger partial charge in [-0.05, 0) is 73.5 Å². The van der Waals surface area contributed by atoms with Crippen molar-refractivity contribution < 1.29 is 14.0 Å². The zero-order chi connectivity index (χ0) is 20.1. The van der Waals surface area contributed by atoms with E-state index in [1.54, 1.807) is 20.2 Å². The van der Waals surface area contributed by atoms with Crippen LogP contribution in [-0.2, 0) is 4.57 Å². The van der Waals surface area contributed by atoms with Gasteiger partial charge in [0, 0.05) is 10.6 Å². The van der Waals surface area contributed by atoms with Crippen molar-refractivity contribution in [3.8, 4) is 11.5 Å². The van der Waals surface area contributed by atoms with Crippen LogP contribution in [-0.4, -0.2) is 20.2 Å². The van der Waals surface area contributed by atoms with E-state index in [0.29, 0.717) is 10.6 Å². The van der Waals surface area contributed by atoms with Crippen LogP contribution in [0.5, 0.6) is 11.5 Å². The quantitative estimate of drug-likeness (QED) is 0.438. The van der Waals surface area contributed by atoms with Crippen LogP contribution in [0.15, 0.2) is 71.7 Å². The number of para-hydroxylation sites is 1. The normalized spacial score (nSPS) is 11.6. The second-order valence-corrected chi connectivity index (χ2v) is 9.12. The Morgan fingerprint density at radius 1 is 0.750 bits per heavy atom. The van der Waals surface area contributed by atoms with E-state index in [2.05, 4.69) is 4.99 Å². The third-order valence-corrected chi connectivity index (χ3v) is 7.27. The van der Waals surface area contributed by atoms with Crippen LogP contribution in [0.1, 0.15) is 11.1 Å². The Bertz CT molecular complexity index is 953. The van der Waals surface area contributed by atoms with Crippen molar-refractivity contribution in [1.29, 1.82) is 0 Å². The highest BCUT2D eigenvalue weighted by Gasteiger charge is 2.26. The van der Waals surface area contributed by atoms with Gasteiger partial charge in [-0.3, -0.25) is 4.99 Å². The van der Waals surface area contributed by atoms with Crippen LogP contribution in [0, 0.1) is 13.8 Å². The van der Waals surface area contributed by atoms with Gasteiger partial charge in [-0.25, -0.2) is 0 Å². The van der Waals surface area contributed by atoms with Crippen molar-refractivity contribution >= 4 is 29.4 Å². The molecule has 3 aromatic carbocycles. The summed E-state index contributed by atoms with van der Waals surface area (Å²) in [5.41, 5.74) is 2.95. The van der Waals surface area contributed by atoms with Gasteiger partial charge in [0.1, 0.15) is 11.5 Å². The highest BCUT2D eigenvalue weighted by Crippen LogP contribution is 2.42. The van der Waals surface area contributed by atoms with Gasteiger partial charge in [-0.15, -0.1) is 0 Å². The molecule has 0 saturated heterocycles. The molecule has 0 bridgehead atoms. The number of methoxy groups -OCH3 is 2. The summed E-state index contributed by atoms with van der Waals surface area (Å²) in [6, 6.07) is 20.6. The van der Waals surface area contributed by atoms with Crippen LogP contribution in [0.2, 0.25) is 0 Å². The Morgan fingerprint density at radius 3 is 1.57 bits per heavy atom. The SMILES string of the molecule is COc1ccc(P(=O)(C=Nc2c(C)cccc2C)c2ccc(OC)cc2)cc1. The van der Waals surface area contributed by atoms with E-state index in [0.717, 1.165) is 28.3 Å². The predicted molar refractivity (Wildman–Crippen MR) is 117 cm³/mol. The van der Waals surface area contributed by atoms with Crippen LogP contribution in [0.4, 0.5) is 5.69 Å². The molecule has 0 heterocycles. The largest absolute Gasteiger partial charge is 0.497 e. The van der Waals surface area contributed by atoms with Gasteiger partial charge in [0.05, 0.1) is 25.9 Å². The zero-order valence-corrected chi connectivity index (χ0v) is 17.4. The monoisotopic (exact) mass is 393 g/mol. The molecule has 0 fully saturated rings. The molecule has 0 spiro atoms. The number of aliphatic imine (C=N–C) groups is 1. The summed E-state index contributed by atoms with van der Waals surface area (Å²) in [5.74, 6) is 3.04. The minimum Gasteiger partial charge on any atom is -0.497 e. The van der Waals surface area contributed by atoms with E-state index in [9.17, 15) is 4.57 Å². The second-order valence-electron chi connectivity index (χ2n) is 6.54. The Labute approximate surface area is 166 Å². The molecule has 0 aromatic heterocycles. The maximum Gasteiger partial charge on any atom is 0.181 e. The van der Waals surface area contributed by atoms with E-state index >= 15 is 0 Å². The second kappa shape index (κ2) is 8.45. The Morgan fingerprint density at radius 2 is 1.18 bits per heavy atom. The van der Waals surface area contributed by atoms with Crippen LogP contribution in [0.3, 0.4) is 0 Å². The lowest BCUT2D eigenvalue weighted by Crippen LogP contribution is -2.17. The van der Waals surface area contributed by atoms with Crippen LogP contribution >= 0.6 is 7.14 Å². The van der Waals surface area contributed by atoms with Crippen molar-refractivity contribution in [2.75, 3.05) is 14.2 Å². The molecule has 3 rings (SSSR count). The highest BCUT2D eigenvalue weighted by atomic mass is 31.2. The summed E-state index contributed by atoms with van der Waals surface area (Å²) in [5, 5.41) is 1.40. The van der Waals surface area contributed by atoms with E-state index in [1.807, 2.05) is 80.6 Å². The number of ether oxygens (including phenoxy) is 2. The zero-order valence-electron chi connectivity index (χ0n) is 16.5. The third-order valence-electron chi connectivity index (χ3n) is 4.70. The molecule has 5 heteroatoms. The molecule has 0 amide bonds. The standard InChI is InChI=1S/C23H24NO3P/c1-17-6-5-7-18(2)23(17)24-16-28(25,21-12-8-19(26-3)9-13-21)22-14-10-20(27-4)11-15-22/h5-16H,1-4H3. The molecule has 144 valence electrons. The van der Waals surface area contributed by atoms with E-state index < -0.39 is 7.14 Å². The summed E-state index contributed by atoms with van der Waals surface area (Å²) in [6.07, 6.45) is 0. The van der Waals surface area contributed by atoms with Crippen molar-refractivity contribution in [2.24, 2.45) is 4.99 Å².